The van der Waals surface area contributed by atoms with Crippen molar-refractivity contribution in [1.29, 1.82) is 0 Å². The van der Waals surface area contributed by atoms with Gasteiger partial charge in [-0.15, -0.1) is 0 Å². The van der Waals surface area contributed by atoms with E-state index in [4.69, 9.17) is 16.0 Å². The molecule has 0 fully saturated rings. The van der Waals surface area contributed by atoms with Gasteiger partial charge in [0.05, 0.1) is 24.1 Å². The van der Waals surface area contributed by atoms with E-state index in [0.717, 1.165) is 5.56 Å². The van der Waals surface area contributed by atoms with Crippen LogP contribution in [0.25, 0.3) is 22.6 Å². The van der Waals surface area contributed by atoms with E-state index in [2.05, 4.69) is 20.6 Å². The van der Waals surface area contributed by atoms with Gasteiger partial charge in [-0.2, -0.15) is 0 Å². The molecule has 0 saturated heterocycles. The van der Waals surface area contributed by atoms with Crippen LogP contribution in [0.3, 0.4) is 0 Å². The average molecular weight is 488 g/mol. The Morgan fingerprint density at radius 3 is 2.80 bits per heavy atom. The summed E-state index contributed by atoms with van der Waals surface area (Å²) in [4.78, 5) is 36.5. The van der Waals surface area contributed by atoms with Gasteiger partial charge in [-0.05, 0) is 48.5 Å². The second-order valence-corrected chi connectivity index (χ2v) is 8.42. The van der Waals surface area contributed by atoms with Crippen molar-refractivity contribution in [2.24, 2.45) is 4.99 Å². The predicted molar refractivity (Wildman–Crippen MR) is 136 cm³/mol. The van der Waals surface area contributed by atoms with Gasteiger partial charge >= 0.3 is 0 Å². The van der Waals surface area contributed by atoms with E-state index in [9.17, 15) is 9.59 Å². The zero-order valence-corrected chi connectivity index (χ0v) is 19.5. The summed E-state index contributed by atoms with van der Waals surface area (Å²) in [5.41, 5.74) is 3.58. The topological polar surface area (TPSA) is 99.8 Å². The lowest BCUT2D eigenvalue weighted by atomic mass is 10.1. The van der Waals surface area contributed by atoms with Gasteiger partial charge in [0.25, 0.3) is 11.8 Å². The number of fused-ring (bicyclic) bond motifs is 2. The molecule has 8 nitrogen and oxygen atoms in total. The highest BCUT2D eigenvalue weighted by Gasteiger charge is 2.19. The Kier molecular flexibility index (Phi) is 6.45. The Balaban J connectivity index is 1.35. The fourth-order valence-electron chi connectivity index (χ4n) is 3.86. The third kappa shape index (κ3) is 5.02. The Hall–Kier alpha value is -4.17. The Bertz CT molecular complexity index is 1430. The molecule has 1 aliphatic rings. The molecule has 176 valence electrons. The number of anilines is 1. The van der Waals surface area contributed by atoms with Crippen LogP contribution in [0.4, 0.5) is 5.69 Å². The van der Waals surface area contributed by atoms with Crippen molar-refractivity contribution in [3.63, 3.8) is 0 Å². The highest BCUT2D eigenvalue weighted by Crippen LogP contribution is 2.27. The Morgan fingerprint density at radius 1 is 1.03 bits per heavy atom. The summed E-state index contributed by atoms with van der Waals surface area (Å²) in [6.45, 7) is 1.47. The van der Waals surface area contributed by atoms with Crippen molar-refractivity contribution >= 4 is 46.5 Å². The molecule has 5 rings (SSSR count). The van der Waals surface area contributed by atoms with E-state index in [0.29, 0.717) is 65.0 Å². The molecule has 0 bridgehead atoms. The first-order valence-electron chi connectivity index (χ1n) is 11.2. The van der Waals surface area contributed by atoms with E-state index >= 15 is 0 Å². The number of hydrogen-bond donors (Lipinski definition) is 2. The number of oxazole rings is 1. The lowest BCUT2D eigenvalue weighted by Crippen LogP contribution is -2.40. The molecule has 2 amide bonds. The van der Waals surface area contributed by atoms with E-state index in [-0.39, 0.29) is 11.8 Å². The zero-order chi connectivity index (χ0) is 24.2. The number of carbonyl (C=O) groups is 2. The summed E-state index contributed by atoms with van der Waals surface area (Å²) < 4.78 is 5.92. The number of amides is 2. The number of rotatable bonds is 2. The number of carbonyl (C=O) groups excluding carboxylic acids is 2. The van der Waals surface area contributed by atoms with Crippen molar-refractivity contribution in [1.82, 2.24) is 15.2 Å². The maximum atomic E-state index is 13.3. The SMILES string of the molecule is O=C1NCCN(C(=O)c2ccc3nc(-c4cccc(Cl)c4)oc3c2)CCN=CNc2ccccc21. The molecule has 2 heterocycles. The predicted octanol–water partition coefficient (Wildman–Crippen LogP) is 4.47. The lowest BCUT2D eigenvalue weighted by Gasteiger charge is -2.23. The number of hydrogen-bond acceptors (Lipinski definition) is 6. The van der Waals surface area contributed by atoms with Crippen LogP contribution in [0.1, 0.15) is 20.7 Å². The summed E-state index contributed by atoms with van der Waals surface area (Å²) in [5, 5.41) is 6.52. The summed E-state index contributed by atoms with van der Waals surface area (Å²) in [7, 11) is 0. The number of para-hydroxylation sites is 1. The minimum atomic E-state index is -0.217. The highest BCUT2D eigenvalue weighted by molar-refractivity contribution is 6.30. The van der Waals surface area contributed by atoms with E-state index in [1.54, 1.807) is 53.7 Å². The number of halogens is 1. The first-order valence-corrected chi connectivity index (χ1v) is 11.5. The molecule has 9 heteroatoms. The van der Waals surface area contributed by atoms with Crippen LogP contribution in [-0.2, 0) is 0 Å². The first kappa shape index (κ1) is 22.6. The van der Waals surface area contributed by atoms with E-state index < -0.39 is 0 Å². The molecule has 0 spiro atoms. The van der Waals surface area contributed by atoms with Crippen molar-refractivity contribution in [3.05, 3.63) is 82.9 Å². The Labute approximate surface area is 206 Å². The van der Waals surface area contributed by atoms with Crippen molar-refractivity contribution in [2.45, 2.75) is 0 Å². The van der Waals surface area contributed by atoms with Crippen molar-refractivity contribution in [2.75, 3.05) is 31.5 Å². The maximum Gasteiger partial charge on any atom is 0.254 e. The molecule has 0 radical (unpaired) electrons. The molecular weight excluding hydrogens is 466 g/mol. The first-order chi connectivity index (χ1) is 17.1. The standard InChI is InChI=1S/C26H22ClN5O3/c27-19-5-3-4-17(14-19)25-31-22-9-8-18(15-23(22)35-25)26(34)32-12-10-28-16-30-21-7-2-1-6-20(21)24(33)29-11-13-32/h1-9,14-16H,10-13H2,(H,28,30)(H,29,33). The van der Waals surface area contributed by atoms with Crippen LogP contribution in [-0.4, -0.2) is 54.2 Å². The molecule has 4 aromatic rings. The molecule has 3 aromatic carbocycles. The van der Waals surface area contributed by atoms with Gasteiger partial charge in [0.1, 0.15) is 5.52 Å². The molecule has 0 saturated carbocycles. The van der Waals surface area contributed by atoms with E-state index in [1.165, 1.54) is 0 Å². The second kappa shape index (κ2) is 9.99. The smallest absolute Gasteiger partial charge is 0.254 e. The summed E-state index contributed by atoms with van der Waals surface area (Å²) in [6, 6.07) is 19.6. The number of aromatic nitrogens is 1. The number of aliphatic imine (C=N–C) groups is 1. The fourth-order valence-corrected chi connectivity index (χ4v) is 4.06. The van der Waals surface area contributed by atoms with Gasteiger partial charge in [-0.25, -0.2) is 4.98 Å². The molecule has 1 aromatic heterocycles. The quantitative estimate of drug-likeness (QED) is 0.434. The monoisotopic (exact) mass is 487 g/mol. The molecule has 2 N–H and O–H groups in total. The van der Waals surface area contributed by atoms with Gasteiger partial charge in [-0.3, -0.25) is 14.6 Å². The van der Waals surface area contributed by atoms with Gasteiger partial charge in [-0.1, -0.05) is 29.8 Å². The normalized spacial score (nSPS) is 14.4. The van der Waals surface area contributed by atoms with Gasteiger partial charge in [0.2, 0.25) is 5.89 Å². The maximum absolute atomic E-state index is 13.3. The lowest BCUT2D eigenvalue weighted by molar-refractivity contribution is 0.0753. The van der Waals surface area contributed by atoms with Gasteiger partial charge in [0.15, 0.2) is 5.58 Å². The molecule has 0 aliphatic carbocycles. The number of nitrogens with zero attached hydrogens (tertiary/aromatic N) is 3. The molecule has 0 unspecified atom stereocenters. The minimum absolute atomic E-state index is 0.178. The molecule has 1 aliphatic heterocycles. The molecule has 0 atom stereocenters. The summed E-state index contributed by atoms with van der Waals surface area (Å²) >= 11 is 6.09. The summed E-state index contributed by atoms with van der Waals surface area (Å²) in [6.07, 6.45) is 1.55. The molecule has 35 heavy (non-hydrogen) atoms. The third-order valence-corrected chi connectivity index (χ3v) is 5.88. The number of benzene rings is 3. The van der Waals surface area contributed by atoms with Crippen molar-refractivity contribution in [3.8, 4) is 11.5 Å². The van der Waals surface area contributed by atoms with Crippen molar-refractivity contribution < 1.29 is 14.0 Å². The van der Waals surface area contributed by atoms with Crippen LogP contribution < -0.4 is 10.6 Å². The van der Waals surface area contributed by atoms with Crippen LogP contribution >= 0.6 is 11.6 Å². The fraction of sp³-hybridized carbons (Fsp3) is 0.154. The van der Waals surface area contributed by atoms with Crippen LogP contribution in [0, 0.1) is 0 Å². The zero-order valence-electron chi connectivity index (χ0n) is 18.7. The molecular formula is C26H22ClN5O3. The largest absolute Gasteiger partial charge is 0.436 e. The summed E-state index contributed by atoms with van der Waals surface area (Å²) in [5.74, 6) is 0.0387. The second-order valence-electron chi connectivity index (χ2n) is 7.99. The number of nitrogens with one attached hydrogen (secondary N) is 2. The van der Waals surface area contributed by atoms with E-state index in [1.807, 2.05) is 24.3 Å². The van der Waals surface area contributed by atoms with Crippen LogP contribution in [0.2, 0.25) is 5.02 Å². The van der Waals surface area contributed by atoms with Crippen LogP contribution in [0.15, 0.2) is 76.1 Å². The minimum Gasteiger partial charge on any atom is -0.436 e. The van der Waals surface area contributed by atoms with Gasteiger partial charge in [0, 0.05) is 35.8 Å². The van der Waals surface area contributed by atoms with Gasteiger partial charge < -0.3 is 20.0 Å². The Morgan fingerprint density at radius 2 is 1.91 bits per heavy atom. The third-order valence-electron chi connectivity index (χ3n) is 5.64. The average Bonchev–Trinajstić information content (AvgIpc) is 3.30. The highest BCUT2D eigenvalue weighted by atomic mass is 35.5. The van der Waals surface area contributed by atoms with Crippen LogP contribution in [0.5, 0.6) is 0 Å².